The molecule has 1 aliphatic heterocycles. The van der Waals surface area contributed by atoms with Crippen molar-refractivity contribution in [3.05, 3.63) is 17.0 Å². The van der Waals surface area contributed by atoms with Crippen LogP contribution in [0.5, 0.6) is 0 Å². The van der Waals surface area contributed by atoms with Crippen molar-refractivity contribution >= 4 is 5.91 Å². The van der Waals surface area contributed by atoms with Gasteiger partial charge in [0.05, 0.1) is 5.69 Å². The lowest BCUT2D eigenvalue weighted by molar-refractivity contribution is -0.136. The third-order valence-electron chi connectivity index (χ3n) is 4.99. The molecule has 0 spiro atoms. The van der Waals surface area contributed by atoms with E-state index in [-0.39, 0.29) is 5.92 Å². The Morgan fingerprint density at radius 1 is 1.32 bits per heavy atom. The van der Waals surface area contributed by atoms with E-state index >= 15 is 0 Å². The minimum Gasteiger partial charge on any atom is -0.342 e. The van der Waals surface area contributed by atoms with E-state index in [0.717, 1.165) is 56.7 Å². The third-order valence-corrected chi connectivity index (χ3v) is 4.99. The van der Waals surface area contributed by atoms with Gasteiger partial charge >= 0.3 is 0 Å². The molecule has 124 valence electrons. The van der Waals surface area contributed by atoms with Gasteiger partial charge in [-0.3, -0.25) is 9.89 Å². The zero-order chi connectivity index (χ0) is 16.1. The number of hydrogen-bond acceptors (Lipinski definition) is 3. The van der Waals surface area contributed by atoms with E-state index in [4.69, 9.17) is 0 Å². The number of H-pyrrole nitrogens is 1. The Morgan fingerprint density at radius 2 is 1.95 bits per heavy atom. The summed E-state index contributed by atoms with van der Waals surface area (Å²) in [5.41, 5.74) is 3.49. The van der Waals surface area contributed by atoms with Crippen LogP contribution in [0.1, 0.15) is 56.5 Å². The van der Waals surface area contributed by atoms with Gasteiger partial charge in [-0.1, -0.05) is 13.8 Å². The molecule has 0 aliphatic carbocycles. The smallest absolute Gasteiger partial charge is 0.225 e. The summed E-state index contributed by atoms with van der Waals surface area (Å²) in [5.74, 6) is 0.561. The number of nitrogens with zero attached hydrogens (tertiary/aromatic N) is 2. The summed E-state index contributed by atoms with van der Waals surface area (Å²) in [7, 11) is 0. The maximum Gasteiger partial charge on any atom is 0.225 e. The number of amides is 1. The van der Waals surface area contributed by atoms with E-state index in [1.165, 1.54) is 5.56 Å². The SMILES string of the molecule is CCC(CC)C(=O)N1CCC(NCc2c(C)n[nH]c2C)CC1. The summed E-state index contributed by atoms with van der Waals surface area (Å²) >= 11 is 0. The Morgan fingerprint density at radius 3 is 2.45 bits per heavy atom. The number of nitrogens with one attached hydrogen (secondary N) is 2. The molecule has 5 heteroatoms. The van der Waals surface area contributed by atoms with Crippen LogP contribution in [0.3, 0.4) is 0 Å². The molecule has 2 N–H and O–H groups in total. The van der Waals surface area contributed by atoms with Crippen molar-refractivity contribution in [2.75, 3.05) is 13.1 Å². The monoisotopic (exact) mass is 306 g/mol. The van der Waals surface area contributed by atoms with Gasteiger partial charge in [-0.25, -0.2) is 0 Å². The Bertz CT molecular complexity index is 465. The van der Waals surface area contributed by atoms with Crippen molar-refractivity contribution in [2.45, 2.75) is 66.0 Å². The molecule has 1 aliphatic rings. The number of hydrogen-bond donors (Lipinski definition) is 2. The number of aromatic amines is 1. The third kappa shape index (κ3) is 3.88. The van der Waals surface area contributed by atoms with Crippen LogP contribution in [0.15, 0.2) is 0 Å². The zero-order valence-corrected chi connectivity index (χ0v) is 14.4. The summed E-state index contributed by atoms with van der Waals surface area (Å²) < 4.78 is 0. The highest BCUT2D eigenvalue weighted by molar-refractivity contribution is 5.78. The van der Waals surface area contributed by atoms with Crippen LogP contribution >= 0.6 is 0 Å². The standard InChI is InChI=1S/C17H30N4O/c1-5-14(6-2)17(22)21-9-7-15(8-10-21)18-11-16-12(3)19-20-13(16)4/h14-15,18H,5-11H2,1-4H3,(H,19,20). The van der Waals surface area contributed by atoms with Gasteiger partial charge in [0.15, 0.2) is 0 Å². The first-order valence-corrected chi connectivity index (χ1v) is 8.59. The second kappa shape index (κ2) is 7.77. The molecule has 0 radical (unpaired) electrons. The van der Waals surface area contributed by atoms with Crippen LogP contribution in [-0.4, -0.2) is 40.1 Å². The second-order valence-corrected chi connectivity index (χ2v) is 6.41. The van der Waals surface area contributed by atoms with Crippen molar-refractivity contribution in [2.24, 2.45) is 5.92 Å². The van der Waals surface area contributed by atoms with E-state index in [1.807, 2.05) is 6.92 Å². The molecule has 0 aromatic carbocycles. The number of carbonyl (C=O) groups is 1. The van der Waals surface area contributed by atoms with Crippen molar-refractivity contribution < 1.29 is 4.79 Å². The average molecular weight is 306 g/mol. The molecule has 1 fully saturated rings. The van der Waals surface area contributed by atoms with Gasteiger partial charge in [-0.05, 0) is 39.5 Å². The van der Waals surface area contributed by atoms with Crippen molar-refractivity contribution in [1.29, 1.82) is 0 Å². The normalized spacial score (nSPS) is 16.5. The number of rotatable bonds is 6. The van der Waals surface area contributed by atoms with Gasteiger partial charge in [0, 0.05) is 42.9 Å². The molecule has 1 amide bonds. The number of piperidine rings is 1. The molecule has 1 aromatic rings. The fourth-order valence-corrected chi connectivity index (χ4v) is 3.28. The molecule has 1 saturated heterocycles. The Kier molecular flexibility index (Phi) is 6.00. The van der Waals surface area contributed by atoms with Crippen LogP contribution in [-0.2, 0) is 11.3 Å². The molecule has 0 saturated carbocycles. The van der Waals surface area contributed by atoms with Crippen LogP contribution in [0, 0.1) is 19.8 Å². The maximum atomic E-state index is 12.4. The number of aromatic nitrogens is 2. The van der Waals surface area contributed by atoms with Crippen molar-refractivity contribution in [1.82, 2.24) is 20.4 Å². The first-order valence-electron chi connectivity index (χ1n) is 8.59. The summed E-state index contributed by atoms with van der Waals surface area (Å²) in [5, 5.41) is 10.9. The lowest BCUT2D eigenvalue weighted by atomic mass is 9.98. The highest BCUT2D eigenvalue weighted by Crippen LogP contribution is 2.18. The van der Waals surface area contributed by atoms with Gasteiger partial charge < -0.3 is 10.2 Å². The van der Waals surface area contributed by atoms with Crippen molar-refractivity contribution in [3.8, 4) is 0 Å². The van der Waals surface area contributed by atoms with E-state index < -0.39 is 0 Å². The Hall–Kier alpha value is -1.36. The number of likely N-dealkylation sites (tertiary alicyclic amines) is 1. The summed E-state index contributed by atoms with van der Waals surface area (Å²) in [6.07, 6.45) is 3.99. The highest BCUT2D eigenvalue weighted by Gasteiger charge is 2.26. The summed E-state index contributed by atoms with van der Waals surface area (Å²) in [6, 6.07) is 0.499. The Balaban J connectivity index is 1.79. The number of aryl methyl sites for hydroxylation is 2. The van der Waals surface area contributed by atoms with E-state index in [0.29, 0.717) is 11.9 Å². The lowest BCUT2D eigenvalue weighted by Gasteiger charge is -2.34. The molecule has 0 unspecified atom stereocenters. The zero-order valence-electron chi connectivity index (χ0n) is 14.4. The van der Waals surface area contributed by atoms with Gasteiger partial charge in [0.25, 0.3) is 0 Å². The van der Waals surface area contributed by atoms with Gasteiger partial charge in [0.1, 0.15) is 0 Å². The molecular formula is C17H30N4O. The summed E-state index contributed by atoms with van der Waals surface area (Å²) in [6.45, 7) is 10.9. The first-order chi connectivity index (χ1) is 10.6. The van der Waals surface area contributed by atoms with Crippen LogP contribution < -0.4 is 5.32 Å². The predicted octanol–water partition coefficient (Wildman–Crippen LogP) is 2.54. The fraction of sp³-hybridized carbons (Fsp3) is 0.765. The molecule has 22 heavy (non-hydrogen) atoms. The highest BCUT2D eigenvalue weighted by atomic mass is 16.2. The van der Waals surface area contributed by atoms with E-state index in [2.05, 4.69) is 41.2 Å². The van der Waals surface area contributed by atoms with Gasteiger partial charge in [0.2, 0.25) is 5.91 Å². The average Bonchev–Trinajstić information content (AvgIpc) is 2.85. The molecular weight excluding hydrogens is 276 g/mol. The largest absolute Gasteiger partial charge is 0.342 e. The van der Waals surface area contributed by atoms with Gasteiger partial charge in [-0.15, -0.1) is 0 Å². The summed E-state index contributed by atoms with van der Waals surface area (Å²) in [4.78, 5) is 14.5. The topological polar surface area (TPSA) is 61.0 Å². The predicted molar refractivity (Wildman–Crippen MR) is 88.6 cm³/mol. The van der Waals surface area contributed by atoms with E-state index in [1.54, 1.807) is 0 Å². The molecule has 5 nitrogen and oxygen atoms in total. The quantitative estimate of drug-likeness (QED) is 0.849. The molecule has 2 rings (SSSR count). The minimum atomic E-state index is 0.209. The molecule has 0 atom stereocenters. The first kappa shape index (κ1) is 17.0. The minimum absolute atomic E-state index is 0.209. The number of carbonyl (C=O) groups excluding carboxylic acids is 1. The maximum absolute atomic E-state index is 12.4. The van der Waals surface area contributed by atoms with E-state index in [9.17, 15) is 4.79 Å². The van der Waals surface area contributed by atoms with Crippen LogP contribution in [0.25, 0.3) is 0 Å². The molecule has 2 heterocycles. The van der Waals surface area contributed by atoms with Gasteiger partial charge in [-0.2, -0.15) is 5.10 Å². The Labute approximate surface area is 133 Å². The molecule has 0 bridgehead atoms. The second-order valence-electron chi connectivity index (χ2n) is 6.41. The van der Waals surface area contributed by atoms with Crippen LogP contribution in [0.2, 0.25) is 0 Å². The lowest BCUT2D eigenvalue weighted by Crippen LogP contribution is -2.46. The van der Waals surface area contributed by atoms with Crippen LogP contribution in [0.4, 0.5) is 0 Å². The van der Waals surface area contributed by atoms with Crippen molar-refractivity contribution in [3.63, 3.8) is 0 Å². The fourth-order valence-electron chi connectivity index (χ4n) is 3.28. The molecule has 1 aromatic heterocycles.